The van der Waals surface area contributed by atoms with Crippen LogP contribution in [0.3, 0.4) is 0 Å². The number of fused-ring (bicyclic) bond motifs is 1. The van der Waals surface area contributed by atoms with E-state index in [4.69, 9.17) is 9.97 Å². The van der Waals surface area contributed by atoms with Crippen LogP contribution in [-0.2, 0) is 10.0 Å². The summed E-state index contributed by atoms with van der Waals surface area (Å²) in [6.45, 7) is 7.25. The van der Waals surface area contributed by atoms with Crippen molar-refractivity contribution in [3.05, 3.63) is 23.7 Å². The molecule has 0 aliphatic heterocycles. The lowest BCUT2D eigenvalue weighted by atomic mass is 9.85. The normalized spacial score (nSPS) is 24.5. The number of hydrogen-bond acceptors (Lipinski definition) is 11. The summed E-state index contributed by atoms with van der Waals surface area (Å²) in [6, 6.07) is 1.70. The van der Waals surface area contributed by atoms with E-state index < -0.39 is 39.7 Å². The zero-order valence-electron chi connectivity index (χ0n) is 21.5. The van der Waals surface area contributed by atoms with Gasteiger partial charge in [0.05, 0.1) is 40.1 Å². The Kier molecular flexibility index (Phi) is 6.64. The van der Waals surface area contributed by atoms with Crippen molar-refractivity contribution in [3.8, 4) is 10.6 Å². The number of nitrogens with zero attached hydrogens (tertiary/aromatic N) is 4. The lowest BCUT2D eigenvalue weighted by Crippen LogP contribution is -2.52. The molecule has 0 unspecified atom stereocenters. The standard InChI is InChI=1S/C24H33N7O4S2/c1-11-17(22-29-18-12(2)25-9-8-16(18)36-22)21(30-23(26-11)27-13-6-7-13)28-15-10-14(19(32)20(15)33)24(3,4)31-37(5,34)35/h8-9,13-15,19-20,31-33H,6-7,10H2,1-5H3,(H2,26,27,28,30)/t14-,15+,19+,20-/m0/s1. The van der Waals surface area contributed by atoms with Gasteiger partial charge in [-0.15, -0.1) is 11.3 Å². The first-order valence-electron chi connectivity index (χ1n) is 12.3. The molecule has 0 spiro atoms. The summed E-state index contributed by atoms with van der Waals surface area (Å²) in [5, 5.41) is 29.3. The summed E-state index contributed by atoms with van der Waals surface area (Å²) in [5.74, 6) is 0.473. The molecule has 200 valence electrons. The van der Waals surface area contributed by atoms with Crippen molar-refractivity contribution in [2.24, 2.45) is 5.92 Å². The van der Waals surface area contributed by atoms with Gasteiger partial charge in [0, 0.05) is 23.7 Å². The Bertz CT molecular complexity index is 1440. The Morgan fingerprint density at radius 3 is 2.43 bits per heavy atom. The second kappa shape index (κ2) is 9.38. The molecule has 4 atom stereocenters. The summed E-state index contributed by atoms with van der Waals surface area (Å²) in [4.78, 5) is 18.6. The third-order valence-corrected chi connectivity index (χ3v) is 9.02. The molecular formula is C24H33N7O4S2. The number of rotatable bonds is 8. The molecule has 2 fully saturated rings. The quantitative estimate of drug-likeness (QED) is 0.283. The van der Waals surface area contributed by atoms with Gasteiger partial charge in [0.2, 0.25) is 16.0 Å². The zero-order chi connectivity index (χ0) is 26.7. The minimum atomic E-state index is -3.52. The minimum Gasteiger partial charge on any atom is -0.390 e. The SMILES string of the molecule is Cc1nc(NC2CC2)nc(N[C@@H]2C[C@H](C(C)(C)NS(C)(=O)=O)[C@@H](O)[C@H]2O)c1-c1nc2c(C)nccc2s1. The Morgan fingerprint density at radius 2 is 1.78 bits per heavy atom. The number of anilines is 2. The molecule has 2 aliphatic carbocycles. The van der Waals surface area contributed by atoms with Gasteiger partial charge in [-0.2, -0.15) is 4.98 Å². The first-order valence-corrected chi connectivity index (χ1v) is 15.0. The fourth-order valence-electron chi connectivity index (χ4n) is 5.12. The zero-order valence-corrected chi connectivity index (χ0v) is 23.1. The molecule has 2 aliphatic rings. The van der Waals surface area contributed by atoms with Gasteiger partial charge in [-0.1, -0.05) is 0 Å². The Morgan fingerprint density at radius 1 is 1.05 bits per heavy atom. The molecule has 0 aromatic carbocycles. The summed E-state index contributed by atoms with van der Waals surface area (Å²) >= 11 is 1.52. The highest BCUT2D eigenvalue weighted by Crippen LogP contribution is 2.40. The molecule has 5 rings (SSSR count). The van der Waals surface area contributed by atoms with E-state index in [1.807, 2.05) is 19.9 Å². The van der Waals surface area contributed by atoms with Crippen LogP contribution >= 0.6 is 11.3 Å². The monoisotopic (exact) mass is 547 g/mol. The maximum Gasteiger partial charge on any atom is 0.225 e. The fourth-order valence-corrected chi connectivity index (χ4v) is 7.34. The van der Waals surface area contributed by atoms with E-state index in [1.54, 1.807) is 20.0 Å². The predicted molar refractivity (Wildman–Crippen MR) is 144 cm³/mol. The molecule has 3 heterocycles. The number of aryl methyl sites for hydroxylation is 2. The summed E-state index contributed by atoms with van der Waals surface area (Å²) in [5.41, 5.74) is 2.14. The van der Waals surface area contributed by atoms with E-state index in [1.165, 1.54) is 11.3 Å². The van der Waals surface area contributed by atoms with Crippen molar-refractivity contribution in [3.63, 3.8) is 0 Å². The molecular weight excluding hydrogens is 514 g/mol. The van der Waals surface area contributed by atoms with Gasteiger partial charge in [0.1, 0.15) is 22.4 Å². The van der Waals surface area contributed by atoms with Crippen molar-refractivity contribution in [1.82, 2.24) is 24.7 Å². The van der Waals surface area contributed by atoms with Gasteiger partial charge in [-0.25, -0.2) is 23.1 Å². The average molecular weight is 548 g/mol. The van der Waals surface area contributed by atoms with E-state index in [0.29, 0.717) is 24.2 Å². The van der Waals surface area contributed by atoms with Crippen LogP contribution < -0.4 is 15.4 Å². The van der Waals surface area contributed by atoms with E-state index in [2.05, 4.69) is 25.3 Å². The maximum absolute atomic E-state index is 11.9. The summed E-state index contributed by atoms with van der Waals surface area (Å²) in [7, 11) is -3.52. The second-order valence-electron chi connectivity index (χ2n) is 10.7. The van der Waals surface area contributed by atoms with E-state index in [9.17, 15) is 18.6 Å². The van der Waals surface area contributed by atoms with Crippen LogP contribution in [0, 0.1) is 19.8 Å². The van der Waals surface area contributed by atoms with Crippen molar-refractivity contribution in [2.45, 2.75) is 76.8 Å². The smallest absolute Gasteiger partial charge is 0.225 e. The van der Waals surface area contributed by atoms with Gasteiger partial charge in [0.15, 0.2) is 0 Å². The highest BCUT2D eigenvalue weighted by Gasteiger charge is 2.49. The maximum atomic E-state index is 11.9. The number of thiazole rings is 1. The van der Waals surface area contributed by atoms with E-state index in [-0.39, 0.29) is 0 Å². The number of aliphatic hydroxyl groups is 2. The number of sulfonamides is 1. The summed E-state index contributed by atoms with van der Waals surface area (Å²) in [6.07, 6.45) is 3.04. The van der Waals surface area contributed by atoms with E-state index in [0.717, 1.165) is 51.3 Å². The molecule has 11 nitrogen and oxygen atoms in total. The van der Waals surface area contributed by atoms with Crippen LogP contribution in [-0.4, -0.2) is 74.7 Å². The Labute approximate surface area is 220 Å². The number of hydrogen-bond donors (Lipinski definition) is 5. The predicted octanol–water partition coefficient (Wildman–Crippen LogP) is 2.19. The van der Waals surface area contributed by atoms with Crippen LogP contribution in [0.5, 0.6) is 0 Å². The second-order valence-corrected chi connectivity index (χ2v) is 13.5. The van der Waals surface area contributed by atoms with Gasteiger partial charge in [-0.05, 0) is 53.0 Å². The van der Waals surface area contributed by atoms with E-state index >= 15 is 0 Å². The van der Waals surface area contributed by atoms with Crippen LogP contribution in [0.1, 0.15) is 44.5 Å². The third kappa shape index (κ3) is 5.41. The van der Waals surface area contributed by atoms with Gasteiger partial charge in [-0.3, -0.25) is 4.98 Å². The van der Waals surface area contributed by atoms with Gasteiger partial charge >= 0.3 is 0 Å². The van der Waals surface area contributed by atoms with Gasteiger partial charge in [0.25, 0.3) is 0 Å². The van der Waals surface area contributed by atoms with Crippen molar-refractivity contribution in [2.75, 3.05) is 16.9 Å². The molecule has 2 saturated carbocycles. The Balaban J connectivity index is 1.51. The largest absolute Gasteiger partial charge is 0.390 e. The molecule has 37 heavy (non-hydrogen) atoms. The van der Waals surface area contributed by atoms with Crippen LogP contribution in [0.15, 0.2) is 12.3 Å². The molecule has 3 aromatic rings. The van der Waals surface area contributed by atoms with Crippen molar-refractivity contribution in [1.29, 1.82) is 0 Å². The average Bonchev–Trinajstić information content (AvgIpc) is 3.40. The highest BCUT2D eigenvalue weighted by atomic mass is 32.2. The van der Waals surface area contributed by atoms with Crippen molar-refractivity contribution >= 4 is 43.3 Å². The van der Waals surface area contributed by atoms with Gasteiger partial charge < -0.3 is 20.8 Å². The molecule has 13 heteroatoms. The first-order chi connectivity index (χ1) is 17.3. The topological polar surface area (TPSA) is 162 Å². The minimum absolute atomic E-state index is 0.328. The molecule has 0 saturated heterocycles. The summed E-state index contributed by atoms with van der Waals surface area (Å²) < 4.78 is 27.5. The fraction of sp³-hybridized carbons (Fsp3) is 0.583. The number of nitrogens with one attached hydrogen (secondary N) is 3. The highest BCUT2D eigenvalue weighted by molar-refractivity contribution is 7.88. The molecule has 0 bridgehead atoms. The number of aromatic nitrogens is 4. The van der Waals surface area contributed by atoms with Crippen LogP contribution in [0.25, 0.3) is 20.8 Å². The lowest BCUT2D eigenvalue weighted by Gasteiger charge is -2.34. The third-order valence-electron chi connectivity index (χ3n) is 7.08. The Hall–Kier alpha value is -2.45. The van der Waals surface area contributed by atoms with Crippen molar-refractivity contribution < 1.29 is 18.6 Å². The first kappa shape index (κ1) is 26.2. The lowest BCUT2D eigenvalue weighted by molar-refractivity contribution is 0.000721. The molecule has 0 amide bonds. The number of aliphatic hydroxyl groups excluding tert-OH is 2. The molecule has 5 N–H and O–H groups in total. The van der Waals surface area contributed by atoms with Crippen LogP contribution in [0.4, 0.5) is 11.8 Å². The van der Waals surface area contributed by atoms with Crippen LogP contribution in [0.2, 0.25) is 0 Å². The number of pyridine rings is 1. The molecule has 0 radical (unpaired) electrons. The molecule has 3 aromatic heterocycles.